The Morgan fingerprint density at radius 1 is 1.50 bits per heavy atom. The highest BCUT2D eigenvalue weighted by Crippen LogP contribution is 2.26. The first-order valence-electron chi connectivity index (χ1n) is 5.61. The maximum absolute atomic E-state index is 12.3. The lowest BCUT2D eigenvalue weighted by atomic mass is 10.2. The highest BCUT2D eigenvalue weighted by Gasteiger charge is 2.23. The third-order valence-electron chi connectivity index (χ3n) is 2.49. The molecule has 0 fully saturated rings. The molecule has 5 nitrogen and oxygen atoms in total. The lowest BCUT2D eigenvalue weighted by Crippen LogP contribution is -2.38. The molecule has 1 rings (SSSR count). The largest absolute Gasteiger partial charge is 0.495 e. The number of carbonyl (C=O) groups is 2. The van der Waals surface area contributed by atoms with Gasteiger partial charge in [-0.25, -0.2) is 0 Å². The summed E-state index contributed by atoms with van der Waals surface area (Å²) in [5, 5.41) is 10.5. The minimum absolute atomic E-state index is 0.0522. The fraction of sp³-hybridized carbons (Fsp3) is 0.500. The van der Waals surface area contributed by atoms with Crippen molar-refractivity contribution in [2.45, 2.75) is 26.3 Å². The van der Waals surface area contributed by atoms with Gasteiger partial charge >= 0.3 is 5.97 Å². The summed E-state index contributed by atoms with van der Waals surface area (Å²) in [6.45, 7) is 3.92. The molecule has 0 unspecified atom stereocenters. The first kappa shape index (κ1) is 14.5. The van der Waals surface area contributed by atoms with Crippen LogP contribution in [0.4, 0.5) is 0 Å². The van der Waals surface area contributed by atoms with E-state index >= 15 is 0 Å². The molecule has 1 aromatic heterocycles. The summed E-state index contributed by atoms with van der Waals surface area (Å²) in [5.41, 5.74) is 0. The van der Waals surface area contributed by atoms with Gasteiger partial charge < -0.3 is 14.7 Å². The topological polar surface area (TPSA) is 66.8 Å². The molecule has 100 valence electrons. The monoisotopic (exact) mass is 271 g/mol. The summed E-state index contributed by atoms with van der Waals surface area (Å²) in [5.74, 6) is -0.560. The van der Waals surface area contributed by atoms with Crippen molar-refractivity contribution < 1.29 is 19.4 Å². The first-order chi connectivity index (χ1) is 8.47. The van der Waals surface area contributed by atoms with Crippen molar-refractivity contribution >= 4 is 23.2 Å². The van der Waals surface area contributed by atoms with Gasteiger partial charge in [0.05, 0.1) is 13.5 Å². The Labute approximate surface area is 110 Å². The van der Waals surface area contributed by atoms with Crippen LogP contribution in [0, 0.1) is 0 Å². The van der Waals surface area contributed by atoms with Gasteiger partial charge in [0, 0.05) is 12.6 Å². The number of carboxylic acid groups (broad SMARTS) is 1. The van der Waals surface area contributed by atoms with Gasteiger partial charge in [0.25, 0.3) is 5.91 Å². The molecule has 0 saturated carbocycles. The van der Waals surface area contributed by atoms with E-state index in [1.165, 1.54) is 18.4 Å². The standard InChI is InChI=1S/C12H17NO4S/c1-8(2)13(6-4-10(14)15)12(16)11-9(17-3)5-7-18-11/h5,7-8H,4,6H2,1-3H3,(H,14,15). The summed E-state index contributed by atoms with van der Waals surface area (Å²) in [4.78, 5) is 25.0. The van der Waals surface area contributed by atoms with E-state index < -0.39 is 5.97 Å². The predicted molar refractivity (Wildman–Crippen MR) is 69.3 cm³/mol. The maximum Gasteiger partial charge on any atom is 0.305 e. The molecule has 0 bridgehead atoms. The van der Waals surface area contributed by atoms with Gasteiger partial charge in [-0.05, 0) is 25.3 Å². The summed E-state index contributed by atoms with van der Waals surface area (Å²) in [7, 11) is 1.51. The summed E-state index contributed by atoms with van der Waals surface area (Å²) in [6.07, 6.45) is -0.0579. The first-order valence-corrected chi connectivity index (χ1v) is 6.49. The molecule has 1 aromatic rings. The maximum atomic E-state index is 12.3. The Hall–Kier alpha value is -1.56. The van der Waals surface area contributed by atoms with Gasteiger partial charge in [-0.2, -0.15) is 0 Å². The van der Waals surface area contributed by atoms with Crippen molar-refractivity contribution in [3.05, 3.63) is 16.3 Å². The minimum Gasteiger partial charge on any atom is -0.495 e. The second-order valence-electron chi connectivity index (χ2n) is 4.05. The number of thiophene rings is 1. The number of ether oxygens (including phenoxy) is 1. The highest BCUT2D eigenvalue weighted by atomic mass is 32.1. The Morgan fingerprint density at radius 3 is 2.67 bits per heavy atom. The average Bonchev–Trinajstić information content (AvgIpc) is 2.75. The van der Waals surface area contributed by atoms with Crippen molar-refractivity contribution in [2.24, 2.45) is 0 Å². The van der Waals surface area contributed by atoms with Crippen LogP contribution in [-0.4, -0.2) is 41.6 Å². The smallest absolute Gasteiger partial charge is 0.305 e. The molecule has 6 heteroatoms. The minimum atomic E-state index is -0.911. The zero-order valence-corrected chi connectivity index (χ0v) is 11.5. The van der Waals surface area contributed by atoms with Gasteiger partial charge in [-0.15, -0.1) is 11.3 Å². The lowest BCUT2D eigenvalue weighted by molar-refractivity contribution is -0.137. The third kappa shape index (κ3) is 3.46. The van der Waals surface area contributed by atoms with Crippen molar-refractivity contribution in [1.29, 1.82) is 0 Å². The van der Waals surface area contributed by atoms with Crippen LogP contribution in [0.1, 0.15) is 29.9 Å². The molecule has 1 amide bonds. The van der Waals surface area contributed by atoms with Crippen molar-refractivity contribution in [1.82, 2.24) is 4.90 Å². The van der Waals surface area contributed by atoms with E-state index in [4.69, 9.17) is 9.84 Å². The highest BCUT2D eigenvalue weighted by molar-refractivity contribution is 7.12. The van der Waals surface area contributed by atoms with Crippen LogP contribution >= 0.6 is 11.3 Å². The van der Waals surface area contributed by atoms with E-state index in [-0.39, 0.29) is 24.9 Å². The van der Waals surface area contributed by atoms with E-state index in [2.05, 4.69) is 0 Å². The Balaban J connectivity index is 2.86. The van der Waals surface area contributed by atoms with Crippen LogP contribution in [0.15, 0.2) is 11.4 Å². The molecular weight excluding hydrogens is 254 g/mol. The number of hydrogen-bond donors (Lipinski definition) is 1. The van der Waals surface area contributed by atoms with Crippen LogP contribution in [0.3, 0.4) is 0 Å². The van der Waals surface area contributed by atoms with Gasteiger partial charge in [0.2, 0.25) is 0 Å². The molecule has 0 aliphatic rings. The zero-order valence-electron chi connectivity index (χ0n) is 10.7. The molecule has 0 spiro atoms. The second kappa shape index (κ2) is 6.39. The summed E-state index contributed by atoms with van der Waals surface area (Å²) >= 11 is 1.30. The third-order valence-corrected chi connectivity index (χ3v) is 3.38. The molecule has 0 aromatic carbocycles. The fourth-order valence-corrected chi connectivity index (χ4v) is 2.37. The van der Waals surface area contributed by atoms with Crippen LogP contribution in [0.5, 0.6) is 5.75 Å². The molecule has 0 radical (unpaired) electrons. The van der Waals surface area contributed by atoms with E-state index in [0.29, 0.717) is 10.6 Å². The van der Waals surface area contributed by atoms with E-state index in [1.54, 1.807) is 16.3 Å². The number of rotatable bonds is 6. The molecule has 0 aliphatic heterocycles. The zero-order chi connectivity index (χ0) is 13.7. The lowest BCUT2D eigenvalue weighted by Gasteiger charge is -2.25. The summed E-state index contributed by atoms with van der Waals surface area (Å²) in [6, 6.07) is 1.68. The number of amides is 1. The van der Waals surface area contributed by atoms with Crippen molar-refractivity contribution in [3.8, 4) is 5.75 Å². The quantitative estimate of drug-likeness (QED) is 0.860. The Bertz CT molecular complexity index is 427. The number of nitrogens with zero attached hydrogens (tertiary/aromatic N) is 1. The van der Waals surface area contributed by atoms with Gasteiger partial charge in [0.1, 0.15) is 10.6 Å². The SMILES string of the molecule is COc1ccsc1C(=O)N(CCC(=O)O)C(C)C. The molecule has 18 heavy (non-hydrogen) atoms. The van der Waals surface area contributed by atoms with Gasteiger partial charge in [-0.3, -0.25) is 9.59 Å². The van der Waals surface area contributed by atoms with E-state index in [9.17, 15) is 9.59 Å². The number of carboxylic acids is 1. The van der Waals surface area contributed by atoms with E-state index in [0.717, 1.165) is 0 Å². The number of hydrogen-bond acceptors (Lipinski definition) is 4. The normalized spacial score (nSPS) is 10.4. The van der Waals surface area contributed by atoms with Crippen molar-refractivity contribution in [3.63, 3.8) is 0 Å². The molecule has 0 atom stereocenters. The number of aliphatic carboxylic acids is 1. The van der Waals surface area contributed by atoms with Gasteiger partial charge in [0.15, 0.2) is 0 Å². The van der Waals surface area contributed by atoms with Crippen molar-refractivity contribution in [2.75, 3.05) is 13.7 Å². The van der Waals surface area contributed by atoms with Crippen LogP contribution in [-0.2, 0) is 4.79 Å². The average molecular weight is 271 g/mol. The molecular formula is C12H17NO4S. The van der Waals surface area contributed by atoms with Crippen LogP contribution < -0.4 is 4.74 Å². The Morgan fingerprint density at radius 2 is 2.17 bits per heavy atom. The number of methoxy groups -OCH3 is 1. The van der Waals surface area contributed by atoms with Crippen LogP contribution in [0.25, 0.3) is 0 Å². The fourth-order valence-electron chi connectivity index (χ4n) is 1.55. The molecule has 1 N–H and O–H groups in total. The second-order valence-corrected chi connectivity index (χ2v) is 4.97. The molecule has 0 saturated heterocycles. The molecule has 0 aliphatic carbocycles. The van der Waals surface area contributed by atoms with E-state index in [1.807, 2.05) is 13.8 Å². The number of carbonyl (C=O) groups excluding carboxylic acids is 1. The predicted octanol–water partition coefficient (Wildman–Crippen LogP) is 2.08. The van der Waals surface area contributed by atoms with Crippen LogP contribution in [0.2, 0.25) is 0 Å². The Kier molecular flexibility index (Phi) is 5.15. The molecule has 1 heterocycles. The van der Waals surface area contributed by atoms with Gasteiger partial charge in [-0.1, -0.05) is 0 Å². The summed E-state index contributed by atoms with van der Waals surface area (Å²) < 4.78 is 5.11.